The van der Waals surface area contributed by atoms with Crippen LogP contribution in [0.5, 0.6) is 5.75 Å². The number of benzene rings is 1. The molecule has 3 nitrogen and oxygen atoms in total. The number of esters is 1. The van der Waals surface area contributed by atoms with E-state index in [4.69, 9.17) is 10.5 Å². The maximum Gasteiger partial charge on any atom is 0.328 e. The smallest absolute Gasteiger partial charge is 0.328 e. The number of carbonyl (C=O) groups excluding carboxylic acids is 1. The predicted molar refractivity (Wildman–Crippen MR) is 62.6 cm³/mol. The van der Waals surface area contributed by atoms with E-state index in [1.165, 1.54) is 0 Å². The molecule has 0 aliphatic carbocycles. The second-order valence-electron chi connectivity index (χ2n) is 3.64. The minimum Gasteiger partial charge on any atom is -0.425 e. The van der Waals surface area contributed by atoms with Crippen molar-refractivity contribution >= 4 is 21.9 Å². The lowest BCUT2D eigenvalue weighted by Crippen LogP contribution is -2.38. The summed E-state index contributed by atoms with van der Waals surface area (Å²) < 4.78 is 6.05. The highest BCUT2D eigenvalue weighted by atomic mass is 79.9. The molecule has 0 bridgehead atoms. The molecule has 0 spiro atoms. The molecule has 1 rings (SSSR count). The van der Waals surface area contributed by atoms with Gasteiger partial charge in [-0.05, 0) is 30.2 Å². The van der Waals surface area contributed by atoms with Crippen LogP contribution >= 0.6 is 15.9 Å². The van der Waals surface area contributed by atoms with Crippen molar-refractivity contribution in [3.05, 3.63) is 28.7 Å². The lowest BCUT2D eigenvalue weighted by molar-refractivity contribution is -0.136. The van der Waals surface area contributed by atoms with Gasteiger partial charge < -0.3 is 10.5 Å². The monoisotopic (exact) mass is 271 g/mol. The summed E-state index contributed by atoms with van der Waals surface area (Å²) in [7, 11) is 0. The second kappa shape index (κ2) is 5.28. The van der Waals surface area contributed by atoms with Crippen molar-refractivity contribution in [3.63, 3.8) is 0 Å². The highest BCUT2D eigenvalue weighted by Gasteiger charge is 2.19. The number of hydrogen-bond donors (Lipinski definition) is 1. The van der Waals surface area contributed by atoms with E-state index in [1.54, 1.807) is 12.1 Å². The molecule has 0 saturated heterocycles. The second-order valence-corrected chi connectivity index (χ2v) is 4.56. The first kappa shape index (κ1) is 12.2. The number of ether oxygens (including phenoxy) is 1. The summed E-state index contributed by atoms with van der Waals surface area (Å²) in [6.45, 7) is 3.76. The molecule has 0 amide bonds. The molecule has 0 fully saturated rings. The molecule has 0 aliphatic heterocycles. The van der Waals surface area contributed by atoms with E-state index in [2.05, 4.69) is 15.9 Å². The van der Waals surface area contributed by atoms with Gasteiger partial charge in [-0.25, -0.2) is 4.79 Å². The number of halogens is 1. The zero-order chi connectivity index (χ0) is 11.4. The van der Waals surface area contributed by atoms with Crippen molar-refractivity contribution in [2.45, 2.75) is 19.9 Å². The number of carbonyl (C=O) groups is 1. The van der Waals surface area contributed by atoms with Crippen LogP contribution in [0.1, 0.15) is 13.8 Å². The molecule has 0 radical (unpaired) electrons. The average molecular weight is 272 g/mol. The van der Waals surface area contributed by atoms with E-state index in [0.717, 1.165) is 4.47 Å². The molecule has 0 heterocycles. The largest absolute Gasteiger partial charge is 0.425 e. The molecule has 0 aromatic heterocycles. The first-order valence-corrected chi connectivity index (χ1v) is 5.53. The summed E-state index contributed by atoms with van der Waals surface area (Å²) >= 11 is 3.30. The van der Waals surface area contributed by atoms with Crippen molar-refractivity contribution in [3.8, 4) is 5.75 Å². The SMILES string of the molecule is CC(C)[C@H](N)C(=O)Oc1ccc(Br)cc1. The van der Waals surface area contributed by atoms with Crippen molar-refractivity contribution in [1.82, 2.24) is 0 Å². The zero-order valence-corrected chi connectivity index (χ0v) is 10.3. The van der Waals surface area contributed by atoms with Gasteiger partial charge in [0.25, 0.3) is 0 Å². The van der Waals surface area contributed by atoms with Crippen LogP contribution in [0.4, 0.5) is 0 Å². The van der Waals surface area contributed by atoms with Gasteiger partial charge in [0.2, 0.25) is 0 Å². The zero-order valence-electron chi connectivity index (χ0n) is 8.74. The van der Waals surface area contributed by atoms with Crippen molar-refractivity contribution < 1.29 is 9.53 Å². The van der Waals surface area contributed by atoms with Gasteiger partial charge in [0.1, 0.15) is 11.8 Å². The Labute approximate surface area is 97.7 Å². The third-order valence-corrected chi connectivity index (χ3v) is 2.55. The fourth-order valence-electron chi connectivity index (χ4n) is 0.959. The van der Waals surface area contributed by atoms with Crippen LogP contribution in [-0.2, 0) is 4.79 Å². The van der Waals surface area contributed by atoms with Crippen LogP contribution in [-0.4, -0.2) is 12.0 Å². The number of rotatable bonds is 3. The highest BCUT2D eigenvalue weighted by Crippen LogP contribution is 2.16. The topological polar surface area (TPSA) is 52.3 Å². The molecule has 1 aromatic rings. The Morgan fingerprint density at radius 3 is 2.33 bits per heavy atom. The average Bonchev–Trinajstić information content (AvgIpc) is 2.20. The lowest BCUT2D eigenvalue weighted by atomic mass is 10.1. The molecule has 1 aromatic carbocycles. The third-order valence-electron chi connectivity index (χ3n) is 2.02. The third kappa shape index (κ3) is 3.64. The predicted octanol–water partition coefficient (Wildman–Crippen LogP) is 2.34. The van der Waals surface area contributed by atoms with Crippen molar-refractivity contribution in [2.24, 2.45) is 11.7 Å². The number of nitrogens with two attached hydrogens (primary N) is 1. The molecular formula is C11H14BrNO2. The Hall–Kier alpha value is -0.870. The Kier molecular flexibility index (Phi) is 4.29. The molecule has 1 atom stereocenters. The first-order chi connectivity index (χ1) is 7.00. The quantitative estimate of drug-likeness (QED) is 0.678. The van der Waals surface area contributed by atoms with E-state index in [9.17, 15) is 4.79 Å². The summed E-state index contributed by atoms with van der Waals surface area (Å²) in [5.41, 5.74) is 5.65. The van der Waals surface area contributed by atoms with Crippen LogP contribution in [0.3, 0.4) is 0 Å². The van der Waals surface area contributed by atoms with Crippen LogP contribution < -0.4 is 10.5 Å². The molecule has 82 valence electrons. The molecule has 2 N–H and O–H groups in total. The van der Waals surface area contributed by atoms with Gasteiger partial charge in [0, 0.05) is 4.47 Å². The Balaban J connectivity index is 2.62. The minimum absolute atomic E-state index is 0.0768. The van der Waals surface area contributed by atoms with Crippen LogP contribution in [0, 0.1) is 5.92 Å². The summed E-state index contributed by atoms with van der Waals surface area (Å²) in [4.78, 5) is 11.5. The molecular weight excluding hydrogens is 258 g/mol. The summed E-state index contributed by atoms with van der Waals surface area (Å²) in [6.07, 6.45) is 0. The van der Waals surface area contributed by atoms with E-state index in [0.29, 0.717) is 5.75 Å². The van der Waals surface area contributed by atoms with Crippen LogP contribution in [0.15, 0.2) is 28.7 Å². The molecule has 0 unspecified atom stereocenters. The fourth-order valence-corrected chi connectivity index (χ4v) is 1.22. The van der Waals surface area contributed by atoms with Crippen LogP contribution in [0.25, 0.3) is 0 Å². The van der Waals surface area contributed by atoms with Crippen molar-refractivity contribution in [2.75, 3.05) is 0 Å². The Bertz CT molecular complexity index is 335. The maximum absolute atomic E-state index is 11.5. The maximum atomic E-state index is 11.5. The molecule has 0 saturated carbocycles. The van der Waals surface area contributed by atoms with E-state index in [-0.39, 0.29) is 5.92 Å². The van der Waals surface area contributed by atoms with E-state index in [1.807, 2.05) is 26.0 Å². The van der Waals surface area contributed by atoms with Crippen molar-refractivity contribution in [1.29, 1.82) is 0 Å². The summed E-state index contributed by atoms with van der Waals surface area (Å²) in [5, 5.41) is 0. The van der Waals surface area contributed by atoms with Gasteiger partial charge in [-0.3, -0.25) is 0 Å². The van der Waals surface area contributed by atoms with Gasteiger partial charge in [0.05, 0.1) is 0 Å². The van der Waals surface area contributed by atoms with Gasteiger partial charge in [-0.2, -0.15) is 0 Å². The lowest BCUT2D eigenvalue weighted by Gasteiger charge is -2.14. The minimum atomic E-state index is -0.575. The standard InChI is InChI=1S/C11H14BrNO2/c1-7(2)10(13)11(14)15-9-5-3-8(12)4-6-9/h3-7,10H,13H2,1-2H3/t10-/m0/s1. The summed E-state index contributed by atoms with van der Waals surface area (Å²) in [5.74, 6) is 0.194. The molecule has 15 heavy (non-hydrogen) atoms. The molecule has 0 aliphatic rings. The Morgan fingerprint density at radius 2 is 1.87 bits per heavy atom. The van der Waals surface area contributed by atoms with Crippen LogP contribution in [0.2, 0.25) is 0 Å². The fraction of sp³-hybridized carbons (Fsp3) is 0.364. The highest BCUT2D eigenvalue weighted by molar-refractivity contribution is 9.10. The van der Waals surface area contributed by atoms with Gasteiger partial charge >= 0.3 is 5.97 Å². The normalized spacial score (nSPS) is 12.6. The summed E-state index contributed by atoms with van der Waals surface area (Å²) in [6, 6.07) is 6.48. The van der Waals surface area contributed by atoms with Gasteiger partial charge in [0.15, 0.2) is 0 Å². The first-order valence-electron chi connectivity index (χ1n) is 4.73. The Morgan fingerprint density at radius 1 is 1.33 bits per heavy atom. The van der Waals surface area contributed by atoms with E-state index >= 15 is 0 Å². The number of hydrogen-bond acceptors (Lipinski definition) is 3. The molecule has 4 heteroatoms. The van der Waals surface area contributed by atoms with Gasteiger partial charge in [-0.1, -0.05) is 29.8 Å². The van der Waals surface area contributed by atoms with E-state index < -0.39 is 12.0 Å². The van der Waals surface area contributed by atoms with Gasteiger partial charge in [-0.15, -0.1) is 0 Å².